The lowest BCUT2D eigenvalue weighted by Crippen LogP contribution is -2.26. The Kier molecular flexibility index (Phi) is 5.25. The number of hydrogen-bond acceptors (Lipinski definition) is 5. The summed E-state index contributed by atoms with van der Waals surface area (Å²) in [5, 5.41) is 13.5. The molecule has 106 valence electrons. The fraction of sp³-hybridized carbons (Fsp3) is 0.455. The predicted octanol–water partition coefficient (Wildman–Crippen LogP) is 1.25. The highest BCUT2D eigenvalue weighted by Gasteiger charge is 2.13. The molecule has 0 aliphatic rings. The van der Waals surface area contributed by atoms with Crippen molar-refractivity contribution in [3.05, 3.63) is 33.9 Å². The number of nitro benzene ring substituents is 1. The van der Waals surface area contributed by atoms with Crippen molar-refractivity contribution in [3.8, 4) is 0 Å². The largest absolute Gasteiger partial charge is 0.316 e. The normalized spacial score (nSPS) is 11.3. The first-order valence-corrected chi connectivity index (χ1v) is 7.47. The number of nitrogens with one attached hydrogen (secondary N) is 2. The van der Waals surface area contributed by atoms with Crippen LogP contribution in [-0.2, 0) is 10.0 Å². The van der Waals surface area contributed by atoms with Crippen LogP contribution in [0, 0.1) is 17.0 Å². The number of non-ortho nitro benzene ring substituents is 1. The van der Waals surface area contributed by atoms with E-state index in [1.807, 2.05) is 6.92 Å². The summed E-state index contributed by atoms with van der Waals surface area (Å²) in [5.41, 5.74) is 0.816. The summed E-state index contributed by atoms with van der Waals surface area (Å²) in [5.74, 6) is -0.0444. The number of anilines is 1. The smallest absolute Gasteiger partial charge is 0.269 e. The molecule has 1 rings (SSSR count). The SMILES string of the molecule is CCNCCS(=O)(=O)Nc1ccc([N+](=O)[O-])cc1C. The van der Waals surface area contributed by atoms with Crippen LogP contribution in [0.25, 0.3) is 0 Å². The van der Waals surface area contributed by atoms with E-state index < -0.39 is 14.9 Å². The molecule has 2 N–H and O–H groups in total. The van der Waals surface area contributed by atoms with Crippen molar-refractivity contribution in [2.45, 2.75) is 13.8 Å². The van der Waals surface area contributed by atoms with E-state index in [-0.39, 0.29) is 11.4 Å². The molecule has 0 fully saturated rings. The molecule has 0 radical (unpaired) electrons. The quantitative estimate of drug-likeness (QED) is 0.446. The summed E-state index contributed by atoms with van der Waals surface area (Å²) in [6.45, 7) is 4.57. The van der Waals surface area contributed by atoms with Gasteiger partial charge in [0, 0.05) is 18.7 Å². The van der Waals surface area contributed by atoms with Crippen molar-refractivity contribution in [2.24, 2.45) is 0 Å². The van der Waals surface area contributed by atoms with E-state index >= 15 is 0 Å². The molecule has 0 unspecified atom stereocenters. The molecular weight excluding hydrogens is 270 g/mol. The van der Waals surface area contributed by atoms with Gasteiger partial charge in [-0.2, -0.15) is 0 Å². The Labute approximate surface area is 112 Å². The minimum atomic E-state index is -3.44. The Morgan fingerprint density at radius 2 is 2.05 bits per heavy atom. The standard InChI is InChI=1S/C11H17N3O4S/c1-3-12-6-7-19(17,18)13-11-5-4-10(14(15)16)8-9(11)2/h4-5,8,12-13H,3,6-7H2,1-2H3. The molecule has 0 aliphatic heterocycles. The average Bonchev–Trinajstić information content (AvgIpc) is 2.31. The molecule has 0 bridgehead atoms. The number of benzene rings is 1. The van der Waals surface area contributed by atoms with E-state index in [1.165, 1.54) is 18.2 Å². The van der Waals surface area contributed by atoms with E-state index in [1.54, 1.807) is 6.92 Å². The molecule has 1 aromatic carbocycles. The van der Waals surface area contributed by atoms with Crippen LogP contribution in [0.5, 0.6) is 0 Å². The van der Waals surface area contributed by atoms with Crippen LogP contribution in [0.3, 0.4) is 0 Å². The number of nitro groups is 1. The zero-order chi connectivity index (χ0) is 14.5. The van der Waals surface area contributed by atoms with Crippen LogP contribution in [0.2, 0.25) is 0 Å². The number of rotatable bonds is 7. The highest BCUT2D eigenvalue weighted by atomic mass is 32.2. The number of hydrogen-bond donors (Lipinski definition) is 2. The maximum Gasteiger partial charge on any atom is 0.269 e. The summed E-state index contributed by atoms with van der Waals surface area (Å²) in [6, 6.07) is 4.01. The number of nitrogens with zero attached hydrogens (tertiary/aromatic N) is 1. The minimum Gasteiger partial charge on any atom is -0.316 e. The third-order valence-corrected chi connectivity index (χ3v) is 3.76. The molecule has 1 aromatic rings. The van der Waals surface area contributed by atoms with Crippen molar-refractivity contribution >= 4 is 21.4 Å². The monoisotopic (exact) mass is 287 g/mol. The van der Waals surface area contributed by atoms with Gasteiger partial charge in [-0.05, 0) is 25.1 Å². The van der Waals surface area contributed by atoms with Crippen molar-refractivity contribution in [2.75, 3.05) is 23.6 Å². The lowest BCUT2D eigenvalue weighted by molar-refractivity contribution is -0.384. The van der Waals surface area contributed by atoms with Gasteiger partial charge in [-0.3, -0.25) is 14.8 Å². The summed E-state index contributed by atoms with van der Waals surface area (Å²) >= 11 is 0. The molecule has 8 heteroatoms. The fourth-order valence-corrected chi connectivity index (χ4v) is 2.56. The van der Waals surface area contributed by atoms with E-state index in [0.29, 0.717) is 24.3 Å². The van der Waals surface area contributed by atoms with Gasteiger partial charge in [0.15, 0.2) is 0 Å². The molecule has 0 atom stereocenters. The van der Waals surface area contributed by atoms with Gasteiger partial charge in [-0.25, -0.2) is 8.42 Å². The Bertz CT molecular complexity index is 557. The highest BCUT2D eigenvalue weighted by molar-refractivity contribution is 7.92. The fourth-order valence-electron chi connectivity index (χ4n) is 1.48. The molecule has 7 nitrogen and oxygen atoms in total. The molecule has 0 aliphatic carbocycles. The van der Waals surface area contributed by atoms with E-state index in [4.69, 9.17) is 0 Å². The molecule has 0 saturated heterocycles. The van der Waals surface area contributed by atoms with E-state index in [0.717, 1.165) is 0 Å². The Morgan fingerprint density at radius 1 is 1.37 bits per heavy atom. The predicted molar refractivity (Wildman–Crippen MR) is 73.8 cm³/mol. The van der Waals surface area contributed by atoms with Crippen LogP contribution < -0.4 is 10.0 Å². The van der Waals surface area contributed by atoms with E-state index in [2.05, 4.69) is 10.0 Å². The second-order valence-electron chi connectivity index (χ2n) is 4.03. The Hall–Kier alpha value is -1.67. The van der Waals surface area contributed by atoms with Crippen molar-refractivity contribution in [1.29, 1.82) is 0 Å². The van der Waals surface area contributed by atoms with Gasteiger partial charge in [0.1, 0.15) is 0 Å². The summed E-state index contributed by atoms with van der Waals surface area (Å²) in [4.78, 5) is 10.1. The summed E-state index contributed by atoms with van der Waals surface area (Å²) < 4.78 is 25.9. The molecular formula is C11H17N3O4S. The van der Waals surface area contributed by atoms with Gasteiger partial charge < -0.3 is 5.32 Å². The third kappa shape index (κ3) is 4.84. The van der Waals surface area contributed by atoms with Crippen molar-refractivity contribution in [1.82, 2.24) is 5.32 Å². The zero-order valence-electron chi connectivity index (χ0n) is 10.8. The molecule has 0 spiro atoms. The van der Waals surface area contributed by atoms with E-state index in [9.17, 15) is 18.5 Å². The van der Waals surface area contributed by atoms with Gasteiger partial charge in [0.05, 0.1) is 16.4 Å². The lowest BCUT2D eigenvalue weighted by atomic mass is 10.2. The van der Waals surface area contributed by atoms with Crippen LogP contribution >= 0.6 is 0 Å². The molecule has 0 heterocycles. The third-order valence-electron chi connectivity index (χ3n) is 2.48. The number of aryl methyl sites for hydroxylation is 1. The lowest BCUT2D eigenvalue weighted by Gasteiger charge is -2.10. The highest BCUT2D eigenvalue weighted by Crippen LogP contribution is 2.21. The first-order valence-electron chi connectivity index (χ1n) is 5.82. The maximum absolute atomic E-state index is 11.8. The van der Waals surface area contributed by atoms with Crippen molar-refractivity contribution < 1.29 is 13.3 Å². The topological polar surface area (TPSA) is 101 Å². The van der Waals surface area contributed by atoms with Crippen LogP contribution in [-0.4, -0.2) is 32.2 Å². The first kappa shape index (κ1) is 15.4. The number of sulfonamides is 1. The van der Waals surface area contributed by atoms with Gasteiger partial charge in [0.25, 0.3) is 5.69 Å². The molecule has 0 saturated carbocycles. The summed E-state index contributed by atoms with van der Waals surface area (Å²) in [7, 11) is -3.44. The van der Waals surface area contributed by atoms with Gasteiger partial charge in [-0.1, -0.05) is 6.92 Å². The van der Waals surface area contributed by atoms with Gasteiger partial charge in [-0.15, -0.1) is 0 Å². The van der Waals surface area contributed by atoms with Crippen molar-refractivity contribution in [3.63, 3.8) is 0 Å². The minimum absolute atomic E-state index is 0.0444. The second kappa shape index (κ2) is 6.48. The average molecular weight is 287 g/mol. The molecule has 0 amide bonds. The van der Waals surface area contributed by atoms with Crippen LogP contribution in [0.1, 0.15) is 12.5 Å². The van der Waals surface area contributed by atoms with Crippen LogP contribution in [0.15, 0.2) is 18.2 Å². The summed E-state index contributed by atoms with van der Waals surface area (Å²) in [6.07, 6.45) is 0. The van der Waals surface area contributed by atoms with Gasteiger partial charge in [0.2, 0.25) is 10.0 Å². The van der Waals surface area contributed by atoms with Gasteiger partial charge >= 0.3 is 0 Å². The first-order chi connectivity index (χ1) is 8.85. The maximum atomic E-state index is 11.8. The Morgan fingerprint density at radius 3 is 2.58 bits per heavy atom. The Balaban J connectivity index is 2.79. The zero-order valence-corrected chi connectivity index (χ0v) is 11.7. The molecule has 0 aromatic heterocycles. The van der Waals surface area contributed by atoms with Crippen LogP contribution in [0.4, 0.5) is 11.4 Å². The molecule has 19 heavy (non-hydrogen) atoms. The second-order valence-corrected chi connectivity index (χ2v) is 5.87.